The minimum atomic E-state index is 0.103. The predicted molar refractivity (Wildman–Crippen MR) is 76.7 cm³/mol. The number of hydrogen-bond donors (Lipinski definition) is 0. The zero-order valence-electron chi connectivity index (χ0n) is 12.8. The maximum Gasteiger partial charge on any atom is 0.224 e. The molecule has 19 heavy (non-hydrogen) atoms. The summed E-state index contributed by atoms with van der Waals surface area (Å²) in [6.45, 7) is 8.66. The van der Waals surface area contributed by atoms with E-state index in [2.05, 4.69) is 13.8 Å². The lowest BCUT2D eigenvalue weighted by atomic mass is 9.86. The van der Waals surface area contributed by atoms with Gasteiger partial charge in [0, 0.05) is 39.5 Å². The molecular weight excluding hydrogens is 240 g/mol. The van der Waals surface area contributed by atoms with Gasteiger partial charge in [0.1, 0.15) is 0 Å². The number of piperidine rings is 1. The number of carbonyl (C=O) groups excluding carboxylic acids is 2. The minimum Gasteiger partial charge on any atom is -0.345 e. The van der Waals surface area contributed by atoms with Crippen LogP contribution in [-0.2, 0) is 9.59 Å². The summed E-state index contributed by atoms with van der Waals surface area (Å²) in [5.41, 5.74) is 0. The van der Waals surface area contributed by atoms with Crippen molar-refractivity contribution in [3.63, 3.8) is 0 Å². The molecule has 4 nitrogen and oxygen atoms in total. The fourth-order valence-corrected chi connectivity index (χ4v) is 2.63. The summed E-state index contributed by atoms with van der Waals surface area (Å²) in [6.07, 6.45) is 3.19. The highest BCUT2D eigenvalue weighted by Crippen LogP contribution is 2.24. The molecule has 0 aliphatic carbocycles. The van der Waals surface area contributed by atoms with E-state index < -0.39 is 0 Å². The molecule has 110 valence electrons. The summed E-state index contributed by atoms with van der Waals surface area (Å²) < 4.78 is 0. The first-order chi connectivity index (χ1) is 8.95. The minimum absolute atomic E-state index is 0.103. The normalized spacial score (nSPS) is 16.8. The Morgan fingerprint density at radius 3 is 2.32 bits per heavy atom. The monoisotopic (exact) mass is 268 g/mol. The average molecular weight is 268 g/mol. The van der Waals surface area contributed by atoms with Crippen molar-refractivity contribution in [1.29, 1.82) is 0 Å². The molecule has 1 fully saturated rings. The number of likely N-dealkylation sites (tertiary alicyclic amines) is 1. The summed E-state index contributed by atoms with van der Waals surface area (Å²) in [5.74, 6) is 1.77. The van der Waals surface area contributed by atoms with E-state index in [1.165, 1.54) is 0 Å². The SMILES string of the molecule is CCC(=O)N(C)CCC(=O)N1CCC(C(C)C)CC1. The molecule has 0 unspecified atom stereocenters. The zero-order chi connectivity index (χ0) is 14.4. The highest BCUT2D eigenvalue weighted by molar-refractivity contribution is 5.78. The Balaban J connectivity index is 2.30. The van der Waals surface area contributed by atoms with Gasteiger partial charge in [-0.25, -0.2) is 0 Å². The van der Waals surface area contributed by atoms with E-state index in [9.17, 15) is 9.59 Å². The van der Waals surface area contributed by atoms with Gasteiger partial charge in [0.05, 0.1) is 0 Å². The van der Waals surface area contributed by atoms with E-state index in [0.717, 1.165) is 31.8 Å². The van der Waals surface area contributed by atoms with Gasteiger partial charge in [-0.3, -0.25) is 9.59 Å². The molecule has 1 saturated heterocycles. The Morgan fingerprint density at radius 1 is 1.26 bits per heavy atom. The van der Waals surface area contributed by atoms with Crippen molar-refractivity contribution in [2.75, 3.05) is 26.7 Å². The highest BCUT2D eigenvalue weighted by atomic mass is 16.2. The molecule has 0 atom stereocenters. The average Bonchev–Trinajstić information content (AvgIpc) is 2.43. The molecule has 0 saturated carbocycles. The first kappa shape index (κ1) is 16.0. The Bertz CT molecular complexity index is 307. The molecule has 1 aliphatic rings. The summed E-state index contributed by atoms with van der Waals surface area (Å²) in [7, 11) is 1.77. The van der Waals surface area contributed by atoms with E-state index >= 15 is 0 Å². The van der Waals surface area contributed by atoms with E-state index in [-0.39, 0.29) is 11.8 Å². The van der Waals surface area contributed by atoms with Crippen LogP contribution >= 0.6 is 0 Å². The standard InChI is InChI=1S/C15H28N2O2/c1-5-14(18)16(4)9-8-15(19)17-10-6-13(7-11-17)12(2)3/h12-13H,5-11H2,1-4H3. The summed E-state index contributed by atoms with van der Waals surface area (Å²) >= 11 is 0. The van der Waals surface area contributed by atoms with Crippen LogP contribution in [0.3, 0.4) is 0 Å². The maximum atomic E-state index is 12.1. The lowest BCUT2D eigenvalue weighted by molar-refractivity contribution is -0.134. The smallest absolute Gasteiger partial charge is 0.224 e. The summed E-state index contributed by atoms with van der Waals surface area (Å²) in [5, 5.41) is 0. The Labute approximate surface area is 117 Å². The van der Waals surface area contributed by atoms with E-state index in [4.69, 9.17) is 0 Å². The fraction of sp³-hybridized carbons (Fsp3) is 0.867. The van der Waals surface area contributed by atoms with Crippen molar-refractivity contribution in [2.24, 2.45) is 11.8 Å². The molecule has 0 radical (unpaired) electrons. The van der Waals surface area contributed by atoms with Crippen LogP contribution in [0, 0.1) is 11.8 Å². The van der Waals surface area contributed by atoms with Crippen LogP contribution in [0.4, 0.5) is 0 Å². The summed E-state index contributed by atoms with van der Waals surface area (Å²) in [4.78, 5) is 27.1. The second-order valence-corrected chi connectivity index (χ2v) is 5.88. The Morgan fingerprint density at radius 2 is 1.84 bits per heavy atom. The van der Waals surface area contributed by atoms with Crippen LogP contribution in [0.5, 0.6) is 0 Å². The third-order valence-electron chi connectivity index (χ3n) is 4.22. The molecule has 4 heteroatoms. The molecule has 0 bridgehead atoms. The molecule has 0 aromatic carbocycles. The number of rotatable bonds is 5. The van der Waals surface area contributed by atoms with Crippen molar-refractivity contribution >= 4 is 11.8 Å². The molecule has 0 N–H and O–H groups in total. The molecule has 1 aliphatic heterocycles. The van der Waals surface area contributed by atoms with Crippen LogP contribution in [0.1, 0.15) is 46.5 Å². The number of carbonyl (C=O) groups is 2. The van der Waals surface area contributed by atoms with Gasteiger partial charge >= 0.3 is 0 Å². The van der Waals surface area contributed by atoms with Crippen LogP contribution in [-0.4, -0.2) is 48.3 Å². The summed E-state index contributed by atoms with van der Waals surface area (Å²) in [6, 6.07) is 0. The van der Waals surface area contributed by atoms with Gasteiger partial charge < -0.3 is 9.80 Å². The third kappa shape index (κ3) is 4.84. The van der Waals surface area contributed by atoms with Crippen LogP contribution in [0.25, 0.3) is 0 Å². The molecule has 1 heterocycles. The fourth-order valence-electron chi connectivity index (χ4n) is 2.63. The number of hydrogen-bond acceptors (Lipinski definition) is 2. The zero-order valence-corrected chi connectivity index (χ0v) is 12.8. The van der Waals surface area contributed by atoms with Gasteiger partial charge in [0.25, 0.3) is 0 Å². The quantitative estimate of drug-likeness (QED) is 0.766. The Kier molecular flexibility index (Phi) is 6.32. The lowest BCUT2D eigenvalue weighted by Gasteiger charge is -2.34. The first-order valence-corrected chi connectivity index (χ1v) is 7.47. The second-order valence-electron chi connectivity index (χ2n) is 5.88. The van der Waals surface area contributed by atoms with E-state index in [0.29, 0.717) is 25.3 Å². The molecular formula is C15H28N2O2. The second kappa shape index (κ2) is 7.51. The molecule has 0 spiro atoms. The van der Waals surface area contributed by atoms with Crippen molar-refractivity contribution in [3.05, 3.63) is 0 Å². The molecule has 2 amide bonds. The number of amides is 2. The topological polar surface area (TPSA) is 40.6 Å². The number of nitrogens with zero attached hydrogens (tertiary/aromatic N) is 2. The predicted octanol–water partition coefficient (Wildman–Crippen LogP) is 2.14. The van der Waals surface area contributed by atoms with Gasteiger partial charge in [0.2, 0.25) is 11.8 Å². The van der Waals surface area contributed by atoms with Crippen molar-refractivity contribution < 1.29 is 9.59 Å². The molecule has 0 aromatic heterocycles. The third-order valence-corrected chi connectivity index (χ3v) is 4.22. The van der Waals surface area contributed by atoms with Crippen molar-refractivity contribution in [2.45, 2.75) is 46.5 Å². The van der Waals surface area contributed by atoms with Crippen LogP contribution < -0.4 is 0 Å². The van der Waals surface area contributed by atoms with Crippen molar-refractivity contribution in [1.82, 2.24) is 9.80 Å². The first-order valence-electron chi connectivity index (χ1n) is 7.47. The van der Waals surface area contributed by atoms with Gasteiger partial charge in [0.15, 0.2) is 0 Å². The van der Waals surface area contributed by atoms with Crippen LogP contribution in [0.15, 0.2) is 0 Å². The van der Waals surface area contributed by atoms with E-state index in [1.807, 2.05) is 11.8 Å². The Hall–Kier alpha value is -1.06. The lowest BCUT2D eigenvalue weighted by Crippen LogP contribution is -2.41. The van der Waals surface area contributed by atoms with Crippen molar-refractivity contribution in [3.8, 4) is 0 Å². The van der Waals surface area contributed by atoms with Gasteiger partial charge in [-0.05, 0) is 24.7 Å². The van der Waals surface area contributed by atoms with Gasteiger partial charge in [-0.15, -0.1) is 0 Å². The van der Waals surface area contributed by atoms with E-state index in [1.54, 1.807) is 11.9 Å². The van der Waals surface area contributed by atoms with Crippen LogP contribution in [0.2, 0.25) is 0 Å². The van der Waals surface area contributed by atoms with Gasteiger partial charge in [-0.1, -0.05) is 20.8 Å². The molecule has 0 aromatic rings. The largest absolute Gasteiger partial charge is 0.345 e. The highest BCUT2D eigenvalue weighted by Gasteiger charge is 2.24. The van der Waals surface area contributed by atoms with Gasteiger partial charge in [-0.2, -0.15) is 0 Å². The molecule has 1 rings (SSSR count). The maximum absolute atomic E-state index is 12.1.